The molecule has 0 amide bonds. The van der Waals surface area contributed by atoms with Crippen LogP contribution in [0, 0.1) is 0 Å². The number of esters is 1. The fraction of sp³-hybridized carbons (Fsp3) is 0.154. The monoisotopic (exact) mass is 234 g/mol. The summed E-state index contributed by atoms with van der Waals surface area (Å²) in [5, 5.41) is 1.94. The lowest BCUT2D eigenvalue weighted by atomic mass is 10.1. The van der Waals surface area contributed by atoms with E-state index in [2.05, 4.69) is 0 Å². The van der Waals surface area contributed by atoms with Gasteiger partial charge in [0.15, 0.2) is 0 Å². The van der Waals surface area contributed by atoms with Gasteiger partial charge >= 0.3 is 5.97 Å². The molecule has 0 saturated heterocycles. The first-order valence-corrected chi connectivity index (χ1v) is 5.57. The SMILES string of the molecule is O=C(OCCCl)c1cccc2ccccc12. The Morgan fingerprint density at radius 1 is 1.12 bits per heavy atom. The number of carbonyl (C=O) groups excluding carboxylic acids is 1. The molecule has 0 aromatic heterocycles. The molecule has 0 bridgehead atoms. The highest BCUT2D eigenvalue weighted by Gasteiger charge is 2.10. The Morgan fingerprint density at radius 3 is 2.69 bits per heavy atom. The van der Waals surface area contributed by atoms with Gasteiger partial charge in [0.1, 0.15) is 6.61 Å². The molecule has 0 radical (unpaired) electrons. The minimum absolute atomic E-state index is 0.240. The summed E-state index contributed by atoms with van der Waals surface area (Å²) in [6.45, 7) is 0.240. The predicted molar refractivity (Wildman–Crippen MR) is 65.0 cm³/mol. The summed E-state index contributed by atoms with van der Waals surface area (Å²) >= 11 is 5.47. The molecule has 3 heteroatoms. The molecule has 0 aliphatic carbocycles. The van der Waals surface area contributed by atoms with E-state index in [9.17, 15) is 4.79 Å². The highest BCUT2D eigenvalue weighted by atomic mass is 35.5. The van der Waals surface area contributed by atoms with E-state index in [1.165, 1.54) is 0 Å². The molecule has 0 fully saturated rings. The van der Waals surface area contributed by atoms with E-state index in [0.29, 0.717) is 11.4 Å². The van der Waals surface area contributed by atoms with Crippen LogP contribution in [0.2, 0.25) is 0 Å². The van der Waals surface area contributed by atoms with Gasteiger partial charge in [0.25, 0.3) is 0 Å². The maximum Gasteiger partial charge on any atom is 0.338 e. The summed E-state index contributed by atoms with van der Waals surface area (Å²) in [4.78, 5) is 11.7. The first-order valence-electron chi connectivity index (χ1n) is 5.04. The van der Waals surface area contributed by atoms with Gasteiger partial charge < -0.3 is 4.74 Å². The second-order valence-corrected chi connectivity index (χ2v) is 3.73. The molecule has 0 heterocycles. The molecule has 0 unspecified atom stereocenters. The summed E-state index contributed by atoms with van der Waals surface area (Å²) in [7, 11) is 0. The van der Waals surface area contributed by atoms with Crippen molar-refractivity contribution in [3.8, 4) is 0 Å². The van der Waals surface area contributed by atoms with Crippen molar-refractivity contribution in [1.82, 2.24) is 0 Å². The van der Waals surface area contributed by atoms with Crippen molar-refractivity contribution in [1.29, 1.82) is 0 Å². The van der Waals surface area contributed by atoms with Gasteiger partial charge in [0.2, 0.25) is 0 Å². The molecule has 2 rings (SSSR count). The Balaban J connectivity index is 2.40. The first-order chi connectivity index (χ1) is 7.83. The average Bonchev–Trinajstić information content (AvgIpc) is 2.35. The molecule has 2 aromatic rings. The molecular weight excluding hydrogens is 224 g/mol. The number of rotatable bonds is 3. The molecule has 0 aliphatic heterocycles. The van der Waals surface area contributed by atoms with Crippen molar-refractivity contribution in [3.05, 3.63) is 48.0 Å². The molecule has 0 aliphatic rings. The highest BCUT2D eigenvalue weighted by Crippen LogP contribution is 2.19. The zero-order chi connectivity index (χ0) is 11.4. The van der Waals surface area contributed by atoms with Crippen molar-refractivity contribution in [2.75, 3.05) is 12.5 Å². The van der Waals surface area contributed by atoms with Crippen LogP contribution in [0.1, 0.15) is 10.4 Å². The number of benzene rings is 2. The van der Waals surface area contributed by atoms with Gasteiger partial charge in [-0.05, 0) is 16.8 Å². The van der Waals surface area contributed by atoms with E-state index in [-0.39, 0.29) is 12.6 Å². The topological polar surface area (TPSA) is 26.3 Å². The number of ether oxygens (including phenoxy) is 1. The molecule has 82 valence electrons. The Kier molecular flexibility index (Phi) is 3.42. The summed E-state index contributed by atoms with van der Waals surface area (Å²) in [5.74, 6) is -0.00583. The zero-order valence-electron chi connectivity index (χ0n) is 8.65. The largest absolute Gasteiger partial charge is 0.461 e. The number of fused-ring (bicyclic) bond motifs is 1. The van der Waals surface area contributed by atoms with Crippen LogP contribution >= 0.6 is 11.6 Å². The van der Waals surface area contributed by atoms with Gasteiger partial charge in [-0.1, -0.05) is 36.4 Å². The zero-order valence-corrected chi connectivity index (χ0v) is 9.41. The fourth-order valence-electron chi connectivity index (χ4n) is 1.61. The number of hydrogen-bond donors (Lipinski definition) is 0. The summed E-state index contributed by atoms with van der Waals surface area (Å²) < 4.78 is 5.01. The van der Waals surface area contributed by atoms with Crippen molar-refractivity contribution >= 4 is 28.3 Å². The molecule has 0 spiro atoms. The first kappa shape index (κ1) is 11.0. The van der Waals surface area contributed by atoms with Gasteiger partial charge in [0.05, 0.1) is 11.4 Å². The molecule has 0 N–H and O–H groups in total. The lowest BCUT2D eigenvalue weighted by Gasteiger charge is -2.05. The van der Waals surface area contributed by atoms with Crippen LogP contribution in [0.25, 0.3) is 10.8 Å². The Labute approximate surface area is 98.8 Å². The number of hydrogen-bond acceptors (Lipinski definition) is 2. The summed E-state index contributed by atoms with van der Waals surface area (Å²) in [5.41, 5.74) is 0.586. The molecule has 2 nitrogen and oxygen atoms in total. The van der Waals surface area contributed by atoms with Crippen molar-refractivity contribution < 1.29 is 9.53 Å². The van der Waals surface area contributed by atoms with Crippen LogP contribution in [-0.2, 0) is 4.74 Å². The van der Waals surface area contributed by atoms with E-state index >= 15 is 0 Å². The normalized spacial score (nSPS) is 10.3. The van der Waals surface area contributed by atoms with Crippen molar-refractivity contribution in [2.45, 2.75) is 0 Å². The van der Waals surface area contributed by atoms with E-state index in [1.54, 1.807) is 6.07 Å². The summed E-state index contributed by atoms with van der Waals surface area (Å²) in [6.07, 6.45) is 0. The second-order valence-electron chi connectivity index (χ2n) is 3.35. The van der Waals surface area contributed by atoms with Crippen LogP contribution in [0.4, 0.5) is 0 Å². The van der Waals surface area contributed by atoms with E-state index < -0.39 is 0 Å². The maximum atomic E-state index is 11.7. The lowest BCUT2D eigenvalue weighted by Crippen LogP contribution is -2.07. The van der Waals surface area contributed by atoms with Gasteiger partial charge in [-0.15, -0.1) is 11.6 Å². The Bertz CT molecular complexity index is 503. The number of carbonyl (C=O) groups is 1. The van der Waals surface area contributed by atoms with E-state index in [4.69, 9.17) is 16.3 Å². The third kappa shape index (κ3) is 2.17. The van der Waals surface area contributed by atoms with Crippen LogP contribution in [0.3, 0.4) is 0 Å². The van der Waals surface area contributed by atoms with Gasteiger partial charge in [0, 0.05) is 0 Å². The van der Waals surface area contributed by atoms with E-state index in [0.717, 1.165) is 10.8 Å². The predicted octanol–water partition coefficient (Wildman–Crippen LogP) is 3.24. The van der Waals surface area contributed by atoms with E-state index in [1.807, 2.05) is 36.4 Å². The fourth-order valence-corrected chi connectivity index (χ4v) is 1.69. The third-order valence-electron chi connectivity index (χ3n) is 2.32. The van der Waals surface area contributed by atoms with Crippen LogP contribution in [0.5, 0.6) is 0 Å². The lowest BCUT2D eigenvalue weighted by molar-refractivity contribution is 0.0531. The smallest absolute Gasteiger partial charge is 0.338 e. The minimum Gasteiger partial charge on any atom is -0.461 e. The maximum absolute atomic E-state index is 11.7. The van der Waals surface area contributed by atoms with Crippen molar-refractivity contribution in [3.63, 3.8) is 0 Å². The molecule has 16 heavy (non-hydrogen) atoms. The minimum atomic E-state index is -0.322. The Hall–Kier alpha value is -1.54. The Morgan fingerprint density at radius 2 is 1.88 bits per heavy atom. The highest BCUT2D eigenvalue weighted by molar-refractivity contribution is 6.18. The molecule has 0 atom stereocenters. The van der Waals surface area contributed by atoms with Gasteiger partial charge in [-0.3, -0.25) is 0 Å². The molecular formula is C13H11ClO2. The number of halogens is 1. The average molecular weight is 235 g/mol. The van der Waals surface area contributed by atoms with Crippen molar-refractivity contribution in [2.24, 2.45) is 0 Å². The number of alkyl halides is 1. The molecule has 2 aromatic carbocycles. The summed E-state index contributed by atoms with van der Waals surface area (Å²) in [6, 6.07) is 13.3. The quantitative estimate of drug-likeness (QED) is 0.602. The van der Waals surface area contributed by atoms with Crippen LogP contribution in [-0.4, -0.2) is 18.5 Å². The molecule has 0 saturated carbocycles. The second kappa shape index (κ2) is 4.99. The standard InChI is InChI=1S/C13H11ClO2/c14-8-9-16-13(15)12-7-3-5-10-4-1-2-6-11(10)12/h1-7H,8-9H2. The van der Waals surface area contributed by atoms with Gasteiger partial charge in [-0.25, -0.2) is 4.79 Å². The van der Waals surface area contributed by atoms with Crippen LogP contribution < -0.4 is 0 Å². The third-order valence-corrected chi connectivity index (χ3v) is 2.47. The van der Waals surface area contributed by atoms with Gasteiger partial charge in [-0.2, -0.15) is 0 Å². The van der Waals surface area contributed by atoms with Crippen LogP contribution in [0.15, 0.2) is 42.5 Å².